The molecule has 0 saturated heterocycles. The molecule has 1 N–H and O–H groups in total. The second-order valence-corrected chi connectivity index (χ2v) is 8.54. The van der Waals surface area contributed by atoms with Gasteiger partial charge in [-0.1, -0.05) is 30.3 Å². The van der Waals surface area contributed by atoms with Crippen LogP contribution in [0.1, 0.15) is 33.3 Å². The van der Waals surface area contributed by atoms with Crippen molar-refractivity contribution in [1.29, 1.82) is 0 Å². The van der Waals surface area contributed by atoms with Gasteiger partial charge in [0.1, 0.15) is 17.2 Å². The number of nitrogens with zero attached hydrogens (tertiary/aromatic N) is 1. The zero-order chi connectivity index (χ0) is 24.2. The first-order valence-corrected chi connectivity index (χ1v) is 11.3. The molecule has 1 heterocycles. The number of benzene rings is 3. The van der Waals surface area contributed by atoms with Crippen molar-refractivity contribution in [2.24, 2.45) is 0 Å². The Morgan fingerprint density at radius 1 is 0.676 bits per heavy atom. The SMILES string of the molecule is CC(C)Oc1ccc(NC2=C(c3ccc(OC(C)C)cc3)C(=O)N(c3ccccc3)C2=O)cc1. The highest BCUT2D eigenvalue weighted by atomic mass is 16.5. The van der Waals surface area contributed by atoms with Gasteiger partial charge in [0.2, 0.25) is 0 Å². The van der Waals surface area contributed by atoms with E-state index < -0.39 is 5.91 Å². The van der Waals surface area contributed by atoms with Gasteiger partial charge in [-0.25, -0.2) is 4.90 Å². The Morgan fingerprint density at radius 3 is 1.74 bits per heavy atom. The van der Waals surface area contributed by atoms with Crippen LogP contribution < -0.4 is 19.7 Å². The predicted octanol–water partition coefficient (Wildman–Crippen LogP) is 5.66. The zero-order valence-electron chi connectivity index (χ0n) is 19.7. The summed E-state index contributed by atoms with van der Waals surface area (Å²) in [6.45, 7) is 7.82. The molecule has 0 aliphatic carbocycles. The maximum absolute atomic E-state index is 13.5. The normalized spacial score (nSPS) is 13.8. The van der Waals surface area contributed by atoms with Crippen LogP contribution in [0.2, 0.25) is 0 Å². The van der Waals surface area contributed by atoms with Crippen LogP contribution in [0.5, 0.6) is 11.5 Å². The Morgan fingerprint density at radius 2 is 1.21 bits per heavy atom. The number of nitrogens with one attached hydrogen (secondary N) is 1. The second-order valence-electron chi connectivity index (χ2n) is 8.54. The van der Waals surface area contributed by atoms with Crippen LogP contribution in [0.25, 0.3) is 5.57 Å². The van der Waals surface area contributed by atoms with Gasteiger partial charge in [-0.3, -0.25) is 9.59 Å². The standard InChI is InChI=1S/C28H28N2O4/c1-18(2)33-23-14-10-20(11-15-23)25-26(29-21-12-16-24(17-13-21)34-19(3)4)28(32)30(27(25)31)22-8-6-5-7-9-22/h5-19,29H,1-4H3. The summed E-state index contributed by atoms with van der Waals surface area (Å²) in [7, 11) is 0. The third-order valence-electron chi connectivity index (χ3n) is 5.11. The lowest BCUT2D eigenvalue weighted by Gasteiger charge is -2.15. The van der Waals surface area contributed by atoms with E-state index in [0.717, 1.165) is 5.75 Å². The molecule has 0 radical (unpaired) electrons. The average Bonchev–Trinajstić information content (AvgIpc) is 3.05. The molecule has 0 saturated carbocycles. The summed E-state index contributed by atoms with van der Waals surface area (Å²) in [5.74, 6) is 0.647. The van der Waals surface area contributed by atoms with E-state index in [9.17, 15) is 9.59 Å². The Hall–Kier alpha value is -4.06. The number of hydrogen-bond acceptors (Lipinski definition) is 5. The number of carbonyl (C=O) groups is 2. The largest absolute Gasteiger partial charge is 0.491 e. The summed E-state index contributed by atoms with van der Waals surface area (Å²) in [6.07, 6.45) is 0.0948. The Balaban J connectivity index is 1.71. The molecule has 3 aromatic rings. The lowest BCUT2D eigenvalue weighted by atomic mass is 10.0. The topological polar surface area (TPSA) is 67.9 Å². The number of anilines is 2. The van der Waals surface area contributed by atoms with Crippen LogP contribution in [0.4, 0.5) is 11.4 Å². The summed E-state index contributed by atoms with van der Waals surface area (Å²) in [4.78, 5) is 28.2. The van der Waals surface area contributed by atoms with Crippen molar-refractivity contribution in [3.05, 3.63) is 90.1 Å². The first-order valence-electron chi connectivity index (χ1n) is 11.3. The minimum atomic E-state index is -0.406. The molecule has 2 amide bonds. The van der Waals surface area contributed by atoms with Crippen LogP contribution >= 0.6 is 0 Å². The number of rotatable bonds is 8. The molecule has 0 bridgehead atoms. The fourth-order valence-corrected chi connectivity index (χ4v) is 3.73. The van der Waals surface area contributed by atoms with E-state index in [1.165, 1.54) is 4.90 Å². The smallest absolute Gasteiger partial charge is 0.282 e. The molecular formula is C28H28N2O4. The summed E-state index contributed by atoms with van der Waals surface area (Å²) in [5.41, 5.74) is 2.37. The molecule has 4 rings (SSSR count). The van der Waals surface area contributed by atoms with Crippen LogP contribution in [-0.2, 0) is 9.59 Å². The van der Waals surface area contributed by atoms with Crippen LogP contribution in [0, 0.1) is 0 Å². The molecule has 0 atom stereocenters. The van der Waals surface area contributed by atoms with Gasteiger partial charge < -0.3 is 14.8 Å². The van der Waals surface area contributed by atoms with Crippen LogP contribution in [0.15, 0.2) is 84.6 Å². The average molecular weight is 457 g/mol. The van der Waals surface area contributed by atoms with Gasteiger partial charge in [0.25, 0.3) is 11.8 Å². The molecule has 34 heavy (non-hydrogen) atoms. The molecule has 0 spiro atoms. The number of ether oxygens (including phenoxy) is 2. The number of hydrogen-bond donors (Lipinski definition) is 1. The highest BCUT2D eigenvalue weighted by Gasteiger charge is 2.40. The van der Waals surface area contributed by atoms with Gasteiger partial charge in [0, 0.05) is 5.69 Å². The van der Waals surface area contributed by atoms with Crippen molar-refractivity contribution in [3.63, 3.8) is 0 Å². The van der Waals surface area contributed by atoms with Gasteiger partial charge >= 0.3 is 0 Å². The second kappa shape index (κ2) is 9.83. The van der Waals surface area contributed by atoms with E-state index in [2.05, 4.69) is 5.32 Å². The molecule has 174 valence electrons. The molecule has 6 nitrogen and oxygen atoms in total. The van der Waals surface area contributed by atoms with E-state index in [-0.39, 0.29) is 23.8 Å². The summed E-state index contributed by atoms with van der Waals surface area (Å²) < 4.78 is 11.4. The molecular weight excluding hydrogens is 428 g/mol. The predicted molar refractivity (Wildman–Crippen MR) is 134 cm³/mol. The fourth-order valence-electron chi connectivity index (χ4n) is 3.73. The number of imide groups is 1. The molecule has 6 heteroatoms. The maximum Gasteiger partial charge on any atom is 0.282 e. The Bertz CT molecular complexity index is 1200. The molecule has 1 aliphatic heterocycles. The molecule has 0 fully saturated rings. The third-order valence-corrected chi connectivity index (χ3v) is 5.11. The van der Waals surface area contributed by atoms with Gasteiger partial charge in [-0.2, -0.15) is 0 Å². The summed E-state index contributed by atoms with van der Waals surface area (Å²) >= 11 is 0. The minimum Gasteiger partial charge on any atom is -0.491 e. The van der Waals surface area contributed by atoms with Crippen LogP contribution in [-0.4, -0.2) is 24.0 Å². The van der Waals surface area contributed by atoms with E-state index in [1.807, 2.05) is 58.0 Å². The lowest BCUT2D eigenvalue weighted by molar-refractivity contribution is -0.120. The Labute approximate surface area is 199 Å². The lowest BCUT2D eigenvalue weighted by Crippen LogP contribution is -2.32. The van der Waals surface area contributed by atoms with E-state index >= 15 is 0 Å². The van der Waals surface area contributed by atoms with Crippen molar-refractivity contribution in [2.45, 2.75) is 39.9 Å². The number of amides is 2. The van der Waals surface area contributed by atoms with Gasteiger partial charge in [-0.15, -0.1) is 0 Å². The monoisotopic (exact) mass is 456 g/mol. The quantitative estimate of drug-likeness (QED) is 0.443. The molecule has 0 aromatic heterocycles. The minimum absolute atomic E-state index is 0.0354. The summed E-state index contributed by atoms with van der Waals surface area (Å²) in [6, 6.07) is 23.4. The zero-order valence-corrected chi connectivity index (χ0v) is 19.7. The van der Waals surface area contributed by atoms with Crippen molar-refractivity contribution in [1.82, 2.24) is 0 Å². The van der Waals surface area contributed by atoms with Crippen molar-refractivity contribution in [2.75, 3.05) is 10.2 Å². The van der Waals surface area contributed by atoms with E-state index in [1.54, 1.807) is 48.5 Å². The van der Waals surface area contributed by atoms with Gasteiger partial charge in [0.15, 0.2) is 0 Å². The maximum atomic E-state index is 13.5. The van der Waals surface area contributed by atoms with E-state index in [4.69, 9.17) is 9.47 Å². The molecule has 3 aromatic carbocycles. The van der Waals surface area contributed by atoms with Crippen molar-refractivity contribution < 1.29 is 19.1 Å². The Kier molecular flexibility index (Phi) is 6.68. The fraction of sp³-hybridized carbons (Fsp3) is 0.214. The number of para-hydroxylation sites is 1. The number of carbonyl (C=O) groups excluding carboxylic acids is 2. The van der Waals surface area contributed by atoms with E-state index in [0.29, 0.717) is 28.3 Å². The highest BCUT2D eigenvalue weighted by Crippen LogP contribution is 2.34. The van der Waals surface area contributed by atoms with Gasteiger partial charge in [0.05, 0.1) is 23.5 Å². The van der Waals surface area contributed by atoms with Crippen LogP contribution in [0.3, 0.4) is 0 Å². The molecule has 0 unspecified atom stereocenters. The van der Waals surface area contributed by atoms with Crippen molar-refractivity contribution >= 4 is 28.8 Å². The summed E-state index contributed by atoms with van der Waals surface area (Å²) in [5, 5.41) is 3.18. The molecule has 1 aliphatic rings. The van der Waals surface area contributed by atoms with Gasteiger partial charge in [-0.05, 0) is 81.8 Å². The first-order chi connectivity index (χ1) is 16.3. The van der Waals surface area contributed by atoms with Crippen molar-refractivity contribution in [3.8, 4) is 11.5 Å². The highest BCUT2D eigenvalue weighted by molar-refractivity contribution is 6.46. The first kappa shape index (κ1) is 23.1. The third kappa shape index (κ3) is 4.96.